The monoisotopic (exact) mass is 494 g/mol. The van der Waals surface area contributed by atoms with E-state index in [-0.39, 0.29) is 15.6 Å². The van der Waals surface area contributed by atoms with Crippen molar-refractivity contribution in [3.8, 4) is 0 Å². The molecule has 0 saturated carbocycles. The van der Waals surface area contributed by atoms with Crippen LogP contribution in [0, 0.1) is 0 Å². The minimum absolute atomic E-state index is 0.0634. The molecule has 0 spiro atoms. The molecule has 5 nitrogen and oxygen atoms in total. The van der Waals surface area contributed by atoms with Crippen LogP contribution in [0.4, 0.5) is 5.69 Å². The lowest BCUT2D eigenvalue weighted by Crippen LogP contribution is -2.41. The predicted octanol–water partition coefficient (Wildman–Crippen LogP) is 5.10. The van der Waals surface area contributed by atoms with E-state index in [2.05, 4.69) is 5.32 Å². The molecule has 3 rings (SSSR count). The third-order valence-electron chi connectivity index (χ3n) is 4.23. The van der Waals surface area contributed by atoms with Gasteiger partial charge >= 0.3 is 0 Å². The molecular formula is C22H20Cl2N2O3S2. The molecule has 1 N–H and O–H groups in total. The van der Waals surface area contributed by atoms with E-state index in [0.29, 0.717) is 17.3 Å². The van der Waals surface area contributed by atoms with E-state index in [1.54, 1.807) is 30.0 Å². The SMILES string of the molecule is O=C(CN(c1ccc(Cl)cc1Cl)S(=O)(=O)c1ccccc1)NCCSc1ccccc1. The summed E-state index contributed by atoms with van der Waals surface area (Å²) >= 11 is 13.8. The van der Waals surface area contributed by atoms with Gasteiger partial charge in [-0.05, 0) is 42.5 Å². The van der Waals surface area contributed by atoms with E-state index in [9.17, 15) is 13.2 Å². The molecule has 9 heteroatoms. The van der Waals surface area contributed by atoms with Gasteiger partial charge in [0.2, 0.25) is 5.91 Å². The summed E-state index contributed by atoms with van der Waals surface area (Å²) in [4.78, 5) is 13.8. The van der Waals surface area contributed by atoms with Crippen molar-refractivity contribution in [2.45, 2.75) is 9.79 Å². The normalized spacial score (nSPS) is 11.2. The van der Waals surface area contributed by atoms with Gasteiger partial charge in [-0.25, -0.2) is 8.42 Å². The molecule has 1 amide bonds. The summed E-state index contributed by atoms with van der Waals surface area (Å²) in [5, 5.41) is 3.28. The fraction of sp³-hybridized carbons (Fsp3) is 0.136. The van der Waals surface area contributed by atoms with Crippen LogP contribution in [0.3, 0.4) is 0 Å². The number of thioether (sulfide) groups is 1. The lowest BCUT2D eigenvalue weighted by Gasteiger charge is -2.25. The molecule has 0 aliphatic heterocycles. The summed E-state index contributed by atoms with van der Waals surface area (Å²) in [5.41, 5.74) is 0.184. The largest absolute Gasteiger partial charge is 0.354 e. The molecular weight excluding hydrogens is 475 g/mol. The highest BCUT2D eigenvalue weighted by molar-refractivity contribution is 7.99. The Morgan fingerprint density at radius 3 is 2.23 bits per heavy atom. The zero-order valence-corrected chi connectivity index (χ0v) is 19.5. The van der Waals surface area contributed by atoms with E-state index in [4.69, 9.17) is 23.2 Å². The maximum absolute atomic E-state index is 13.3. The van der Waals surface area contributed by atoms with Gasteiger partial charge in [0.25, 0.3) is 10.0 Å². The topological polar surface area (TPSA) is 66.5 Å². The molecule has 0 aliphatic carbocycles. The fourth-order valence-electron chi connectivity index (χ4n) is 2.77. The number of amides is 1. The average molecular weight is 495 g/mol. The average Bonchev–Trinajstić information content (AvgIpc) is 2.77. The lowest BCUT2D eigenvalue weighted by molar-refractivity contribution is -0.119. The van der Waals surface area contributed by atoms with Gasteiger partial charge < -0.3 is 5.32 Å². The number of anilines is 1. The Labute approximate surface area is 196 Å². The van der Waals surface area contributed by atoms with E-state index in [1.807, 2.05) is 30.3 Å². The first kappa shape index (κ1) is 23.5. The Kier molecular flexibility index (Phi) is 8.26. The van der Waals surface area contributed by atoms with E-state index in [1.165, 1.54) is 30.3 Å². The summed E-state index contributed by atoms with van der Waals surface area (Å²) in [6.07, 6.45) is 0. The number of carbonyl (C=O) groups excluding carboxylic acids is 1. The predicted molar refractivity (Wildman–Crippen MR) is 128 cm³/mol. The smallest absolute Gasteiger partial charge is 0.264 e. The molecule has 3 aromatic rings. The number of hydrogen-bond donors (Lipinski definition) is 1. The van der Waals surface area contributed by atoms with Crippen LogP contribution in [0.25, 0.3) is 0 Å². The first-order chi connectivity index (χ1) is 14.9. The number of rotatable bonds is 9. The third kappa shape index (κ3) is 6.40. The Balaban J connectivity index is 1.74. The van der Waals surface area contributed by atoms with E-state index in [0.717, 1.165) is 9.20 Å². The number of halogens is 2. The first-order valence-electron chi connectivity index (χ1n) is 9.35. The number of hydrogen-bond acceptors (Lipinski definition) is 4. The molecule has 162 valence electrons. The van der Waals surface area contributed by atoms with Crippen molar-refractivity contribution in [1.82, 2.24) is 5.32 Å². The highest BCUT2D eigenvalue weighted by atomic mass is 35.5. The van der Waals surface area contributed by atoms with Gasteiger partial charge in [0, 0.05) is 22.2 Å². The zero-order chi connectivity index (χ0) is 22.3. The molecule has 0 bridgehead atoms. The lowest BCUT2D eigenvalue weighted by atomic mass is 10.3. The molecule has 0 aliphatic rings. The Bertz CT molecular complexity index is 1130. The van der Waals surface area contributed by atoms with Gasteiger partial charge in [-0.15, -0.1) is 11.8 Å². The van der Waals surface area contributed by atoms with Gasteiger partial charge in [-0.1, -0.05) is 59.6 Å². The van der Waals surface area contributed by atoms with Crippen molar-refractivity contribution in [3.05, 3.63) is 88.9 Å². The third-order valence-corrected chi connectivity index (χ3v) is 7.56. The molecule has 0 radical (unpaired) electrons. The number of nitrogens with zero attached hydrogens (tertiary/aromatic N) is 1. The Morgan fingerprint density at radius 1 is 0.935 bits per heavy atom. The van der Waals surface area contributed by atoms with Crippen molar-refractivity contribution >= 4 is 56.6 Å². The second kappa shape index (κ2) is 10.9. The number of benzene rings is 3. The molecule has 0 atom stereocenters. The molecule has 0 fully saturated rings. The summed E-state index contributed by atoms with van der Waals surface area (Å²) in [6.45, 7) is -0.0133. The van der Waals surface area contributed by atoms with Crippen LogP contribution >= 0.6 is 35.0 Å². The van der Waals surface area contributed by atoms with Crippen LogP contribution in [-0.2, 0) is 14.8 Å². The number of carbonyl (C=O) groups is 1. The minimum Gasteiger partial charge on any atom is -0.354 e. The second-order valence-corrected chi connectivity index (χ2v) is 10.3. The number of nitrogens with one attached hydrogen (secondary N) is 1. The standard InChI is InChI=1S/C22H20Cl2N2O3S2/c23-17-11-12-21(20(24)15-17)26(31(28,29)19-9-5-2-6-10-19)16-22(27)25-13-14-30-18-7-3-1-4-8-18/h1-12,15H,13-14,16H2,(H,25,27). The van der Waals surface area contributed by atoms with Crippen molar-refractivity contribution in [1.29, 1.82) is 0 Å². The van der Waals surface area contributed by atoms with Gasteiger partial charge in [0.1, 0.15) is 6.54 Å². The van der Waals surface area contributed by atoms with Crippen LogP contribution in [0.15, 0.2) is 88.7 Å². The first-order valence-corrected chi connectivity index (χ1v) is 12.5. The number of sulfonamides is 1. The van der Waals surface area contributed by atoms with Crippen molar-refractivity contribution < 1.29 is 13.2 Å². The molecule has 3 aromatic carbocycles. The van der Waals surface area contributed by atoms with Gasteiger partial charge in [-0.2, -0.15) is 0 Å². The fourth-order valence-corrected chi connectivity index (χ4v) is 5.58. The van der Waals surface area contributed by atoms with E-state index >= 15 is 0 Å². The van der Waals surface area contributed by atoms with E-state index < -0.39 is 22.5 Å². The van der Waals surface area contributed by atoms with Crippen LogP contribution in [0.5, 0.6) is 0 Å². The second-order valence-electron chi connectivity index (χ2n) is 6.43. The Hall–Kier alpha value is -2.19. The quantitative estimate of drug-likeness (QED) is 0.332. The molecule has 0 saturated heterocycles. The van der Waals surface area contributed by atoms with Crippen LogP contribution in [-0.4, -0.2) is 33.2 Å². The van der Waals surface area contributed by atoms with Gasteiger partial charge in [-0.3, -0.25) is 9.10 Å². The van der Waals surface area contributed by atoms with Crippen LogP contribution in [0.1, 0.15) is 0 Å². The maximum Gasteiger partial charge on any atom is 0.264 e. The summed E-state index contributed by atoms with van der Waals surface area (Å²) in [6, 6.07) is 22.2. The summed E-state index contributed by atoms with van der Waals surface area (Å²) in [5.74, 6) is 0.224. The highest BCUT2D eigenvalue weighted by Gasteiger charge is 2.28. The van der Waals surface area contributed by atoms with Crippen LogP contribution < -0.4 is 9.62 Å². The minimum atomic E-state index is -4.02. The maximum atomic E-state index is 13.3. The van der Waals surface area contributed by atoms with Gasteiger partial charge in [0.15, 0.2) is 0 Å². The van der Waals surface area contributed by atoms with Crippen molar-refractivity contribution in [2.24, 2.45) is 0 Å². The molecule has 31 heavy (non-hydrogen) atoms. The molecule has 0 unspecified atom stereocenters. The summed E-state index contributed by atoms with van der Waals surface area (Å²) < 4.78 is 27.5. The van der Waals surface area contributed by atoms with Crippen molar-refractivity contribution in [3.63, 3.8) is 0 Å². The van der Waals surface area contributed by atoms with Crippen molar-refractivity contribution in [2.75, 3.05) is 23.1 Å². The highest BCUT2D eigenvalue weighted by Crippen LogP contribution is 2.32. The Morgan fingerprint density at radius 2 is 1.58 bits per heavy atom. The van der Waals surface area contributed by atoms with Crippen LogP contribution in [0.2, 0.25) is 10.0 Å². The molecule has 0 aromatic heterocycles. The molecule has 0 heterocycles. The van der Waals surface area contributed by atoms with Gasteiger partial charge in [0.05, 0.1) is 15.6 Å². The summed E-state index contributed by atoms with van der Waals surface area (Å²) in [7, 11) is -4.02. The zero-order valence-electron chi connectivity index (χ0n) is 16.4.